The summed E-state index contributed by atoms with van der Waals surface area (Å²) in [6.07, 6.45) is 1.39. The number of benzene rings is 1. The smallest absolute Gasteiger partial charge is 0.204 e. The highest BCUT2D eigenvalue weighted by Gasteiger charge is 2.21. The molecule has 0 amide bonds. The number of ketones is 1. The number of rotatable bonds is 3. The number of furan rings is 1. The Balaban J connectivity index is 2.58. The Morgan fingerprint density at radius 1 is 1.33 bits per heavy atom. The van der Waals surface area contributed by atoms with Crippen LogP contribution in [-0.4, -0.2) is 12.9 Å². The predicted molar refractivity (Wildman–Crippen MR) is 69.6 cm³/mol. The summed E-state index contributed by atoms with van der Waals surface area (Å²) < 4.78 is 10.2. The molecule has 1 aromatic carbocycles. The van der Waals surface area contributed by atoms with Gasteiger partial charge in [-0.2, -0.15) is 0 Å². The first-order valence-electron chi connectivity index (χ1n) is 5.47. The zero-order chi connectivity index (χ0) is 13.3. The Morgan fingerprint density at radius 3 is 2.61 bits per heavy atom. The maximum Gasteiger partial charge on any atom is 0.204 e. The third-order valence-corrected chi connectivity index (χ3v) is 3.05. The molecule has 2 rings (SSSR count). The van der Waals surface area contributed by atoms with Gasteiger partial charge in [0.05, 0.1) is 24.5 Å². The number of methoxy groups -OCH3 is 1. The molecule has 0 aliphatic heterocycles. The van der Waals surface area contributed by atoms with Crippen LogP contribution >= 0.6 is 11.6 Å². The van der Waals surface area contributed by atoms with Gasteiger partial charge >= 0.3 is 0 Å². The van der Waals surface area contributed by atoms with Crippen molar-refractivity contribution in [1.29, 1.82) is 0 Å². The van der Waals surface area contributed by atoms with Crippen molar-refractivity contribution >= 4 is 17.4 Å². The highest BCUT2D eigenvalue weighted by Crippen LogP contribution is 2.29. The predicted octanol–water partition coefficient (Wildman–Crippen LogP) is 3.79. The first-order chi connectivity index (χ1) is 8.54. The molecule has 94 valence electrons. The molecule has 0 N–H and O–H groups in total. The van der Waals surface area contributed by atoms with Crippen LogP contribution in [0.5, 0.6) is 5.75 Å². The molecule has 2 aromatic rings. The SMILES string of the molecule is COc1cc(C)cc(C)c1C(=O)c1ccoc1Cl. The van der Waals surface area contributed by atoms with E-state index in [0.717, 1.165) is 11.1 Å². The Morgan fingerprint density at radius 2 is 2.06 bits per heavy atom. The van der Waals surface area contributed by atoms with E-state index >= 15 is 0 Å². The first kappa shape index (κ1) is 12.7. The van der Waals surface area contributed by atoms with Crippen LogP contribution in [0.25, 0.3) is 0 Å². The van der Waals surface area contributed by atoms with Crippen molar-refractivity contribution in [2.45, 2.75) is 13.8 Å². The average Bonchev–Trinajstić information content (AvgIpc) is 2.73. The largest absolute Gasteiger partial charge is 0.496 e. The summed E-state index contributed by atoms with van der Waals surface area (Å²) >= 11 is 5.84. The van der Waals surface area contributed by atoms with Gasteiger partial charge in [0, 0.05) is 0 Å². The molecule has 1 heterocycles. The minimum absolute atomic E-state index is 0.0991. The van der Waals surface area contributed by atoms with Gasteiger partial charge in [-0.05, 0) is 48.7 Å². The van der Waals surface area contributed by atoms with Gasteiger partial charge < -0.3 is 9.15 Å². The molecule has 0 atom stereocenters. The zero-order valence-electron chi connectivity index (χ0n) is 10.4. The molecule has 0 bridgehead atoms. The van der Waals surface area contributed by atoms with Gasteiger partial charge in [0.2, 0.25) is 11.0 Å². The van der Waals surface area contributed by atoms with E-state index in [1.165, 1.54) is 6.26 Å². The van der Waals surface area contributed by atoms with E-state index in [2.05, 4.69) is 0 Å². The average molecular weight is 265 g/mol. The number of carbonyl (C=O) groups excluding carboxylic acids is 1. The normalized spacial score (nSPS) is 10.4. The second kappa shape index (κ2) is 4.86. The first-order valence-corrected chi connectivity index (χ1v) is 5.85. The minimum atomic E-state index is -0.192. The molecule has 0 radical (unpaired) electrons. The molecule has 18 heavy (non-hydrogen) atoms. The molecule has 0 spiro atoms. The monoisotopic (exact) mass is 264 g/mol. The molecule has 4 heteroatoms. The molecule has 0 aliphatic rings. The lowest BCUT2D eigenvalue weighted by molar-refractivity contribution is 0.103. The fourth-order valence-electron chi connectivity index (χ4n) is 1.97. The van der Waals surface area contributed by atoms with Crippen molar-refractivity contribution in [2.24, 2.45) is 0 Å². The Bertz CT molecular complexity index is 599. The van der Waals surface area contributed by atoms with Crippen LogP contribution in [0.15, 0.2) is 28.9 Å². The quantitative estimate of drug-likeness (QED) is 0.792. The van der Waals surface area contributed by atoms with Gasteiger partial charge in [-0.15, -0.1) is 0 Å². The van der Waals surface area contributed by atoms with Gasteiger partial charge in [0.15, 0.2) is 0 Å². The van der Waals surface area contributed by atoms with Crippen molar-refractivity contribution in [1.82, 2.24) is 0 Å². The molecular formula is C14H13ClO3. The number of ether oxygens (including phenoxy) is 1. The van der Waals surface area contributed by atoms with Gasteiger partial charge in [0.1, 0.15) is 5.75 Å². The summed E-state index contributed by atoms with van der Waals surface area (Å²) in [6.45, 7) is 3.82. The van der Waals surface area contributed by atoms with Crippen molar-refractivity contribution < 1.29 is 13.9 Å². The van der Waals surface area contributed by atoms with E-state index in [4.69, 9.17) is 20.8 Å². The number of halogens is 1. The lowest BCUT2D eigenvalue weighted by Gasteiger charge is -2.11. The molecule has 0 aliphatic carbocycles. The second-order valence-corrected chi connectivity index (χ2v) is 4.44. The van der Waals surface area contributed by atoms with Crippen LogP contribution in [0.4, 0.5) is 0 Å². The summed E-state index contributed by atoms with van der Waals surface area (Å²) in [6, 6.07) is 5.32. The number of hydrogen-bond donors (Lipinski definition) is 0. The molecule has 1 aromatic heterocycles. The lowest BCUT2D eigenvalue weighted by atomic mass is 9.98. The Labute approximate surface area is 110 Å². The van der Waals surface area contributed by atoms with Crippen LogP contribution in [-0.2, 0) is 0 Å². The molecule has 0 saturated heterocycles. The lowest BCUT2D eigenvalue weighted by Crippen LogP contribution is -2.06. The standard InChI is InChI=1S/C14H13ClO3/c1-8-6-9(2)12(11(7-8)17-3)13(16)10-4-5-18-14(10)15/h4-7H,1-3H3. The van der Waals surface area contributed by atoms with E-state index in [1.54, 1.807) is 13.2 Å². The minimum Gasteiger partial charge on any atom is -0.496 e. The summed E-state index contributed by atoms with van der Waals surface area (Å²) in [5.41, 5.74) is 2.77. The van der Waals surface area contributed by atoms with E-state index in [0.29, 0.717) is 16.9 Å². The van der Waals surface area contributed by atoms with Crippen LogP contribution in [0, 0.1) is 13.8 Å². The number of carbonyl (C=O) groups is 1. The highest BCUT2D eigenvalue weighted by atomic mass is 35.5. The fraction of sp³-hybridized carbons (Fsp3) is 0.214. The van der Waals surface area contributed by atoms with E-state index in [-0.39, 0.29) is 11.0 Å². The van der Waals surface area contributed by atoms with Crippen LogP contribution in [0.2, 0.25) is 5.22 Å². The van der Waals surface area contributed by atoms with Gasteiger partial charge in [0.25, 0.3) is 0 Å². The summed E-state index contributed by atoms with van der Waals surface area (Å²) in [4.78, 5) is 12.4. The van der Waals surface area contributed by atoms with Crippen molar-refractivity contribution in [3.05, 3.63) is 51.9 Å². The van der Waals surface area contributed by atoms with Gasteiger partial charge in [-0.3, -0.25) is 4.79 Å². The maximum atomic E-state index is 12.4. The second-order valence-electron chi connectivity index (χ2n) is 4.10. The summed E-state index contributed by atoms with van der Waals surface area (Å²) in [5, 5.41) is 0.0991. The third kappa shape index (κ3) is 2.14. The number of aryl methyl sites for hydroxylation is 2. The van der Waals surface area contributed by atoms with Crippen molar-refractivity contribution in [2.75, 3.05) is 7.11 Å². The van der Waals surface area contributed by atoms with Crippen LogP contribution < -0.4 is 4.74 Å². The molecular weight excluding hydrogens is 252 g/mol. The van der Waals surface area contributed by atoms with E-state index in [9.17, 15) is 4.79 Å². The van der Waals surface area contributed by atoms with Crippen LogP contribution in [0.1, 0.15) is 27.0 Å². The topological polar surface area (TPSA) is 39.4 Å². The van der Waals surface area contributed by atoms with Gasteiger partial charge in [-0.25, -0.2) is 0 Å². The van der Waals surface area contributed by atoms with E-state index < -0.39 is 0 Å². The molecule has 0 unspecified atom stereocenters. The fourth-order valence-corrected chi connectivity index (χ4v) is 2.17. The van der Waals surface area contributed by atoms with Crippen molar-refractivity contribution in [3.63, 3.8) is 0 Å². The van der Waals surface area contributed by atoms with E-state index in [1.807, 2.05) is 26.0 Å². The third-order valence-electron chi connectivity index (χ3n) is 2.75. The summed E-state index contributed by atoms with van der Waals surface area (Å²) in [5.74, 6) is 0.359. The zero-order valence-corrected chi connectivity index (χ0v) is 11.2. The van der Waals surface area contributed by atoms with Gasteiger partial charge in [-0.1, -0.05) is 6.07 Å². The Kier molecular flexibility index (Phi) is 3.43. The highest BCUT2D eigenvalue weighted by molar-refractivity contribution is 6.33. The molecule has 0 saturated carbocycles. The maximum absolute atomic E-state index is 12.4. The Hall–Kier alpha value is -1.74. The molecule has 0 fully saturated rings. The number of hydrogen-bond acceptors (Lipinski definition) is 3. The van der Waals surface area contributed by atoms with Crippen molar-refractivity contribution in [3.8, 4) is 5.75 Å². The molecule has 3 nitrogen and oxygen atoms in total. The summed E-state index contributed by atoms with van der Waals surface area (Å²) in [7, 11) is 1.54. The van der Waals surface area contributed by atoms with Crippen LogP contribution in [0.3, 0.4) is 0 Å².